The van der Waals surface area contributed by atoms with Gasteiger partial charge in [0.1, 0.15) is 6.04 Å². The minimum Gasteiger partial charge on any atom is -0.355 e. The summed E-state index contributed by atoms with van der Waals surface area (Å²) >= 11 is 11.8. The molecule has 1 unspecified atom stereocenters. The van der Waals surface area contributed by atoms with Gasteiger partial charge in [0, 0.05) is 11.6 Å². The van der Waals surface area contributed by atoms with Crippen LogP contribution in [0.4, 0.5) is 0 Å². The lowest BCUT2D eigenvalue weighted by molar-refractivity contribution is -0.127. The largest absolute Gasteiger partial charge is 0.355 e. The van der Waals surface area contributed by atoms with E-state index in [0.29, 0.717) is 11.6 Å². The third-order valence-corrected chi connectivity index (χ3v) is 3.95. The van der Waals surface area contributed by atoms with Crippen LogP contribution in [0, 0.1) is 5.92 Å². The fraction of sp³-hybridized carbons (Fsp3) is 0.471. The first-order valence-corrected chi connectivity index (χ1v) is 8.82. The zero-order valence-corrected chi connectivity index (χ0v) is 16.0. The Morgan fingerprint density at radius 3 is 2.36 bits per heavy atom. The molecule has 0 spiro atoms. The fourth-order valence-electron chi connectivity index (χ4n) is 2.03. The van der Waals surface area contributed by atoms with Gasteiger partial charge >= 0.3 is 0 Å². The second-order valence-corrected chi connectivity index (χ2v) is 6.73. The molecule has 0 bridgehead atoms. The summed E-state index contributed by atoms with van der Waals surface area (Å²) in [6.45, 7) is 5.94. The summed E-state index contributed by atoms with van der Waals surface area (Å²) < 4.78 is 0. The molecule has 0 radical (unpaired) electrons. The molecule has 138 valence electrons. The number of benzene rings is 1. The molecule has 0 heterocycles. The van der Waals surface area contributed by atoms with Gasteiger partial charge in [-0.15, -0.1) is 0 Å². The van der Waals surface area contributed by atoms with E-state index in [2.05, 4.69) is 16.0 Å². The van der Waals surface area contributed by atoms with E-state index in [-0.39, 0.29) is 29.0 Å². The van der Waals surface area contributed by atoms with Gasteiger partial charge in [-0.3, -0.25) is 14.4 Å². The number of hydrogen-bond donors (Lipinski definition) is 3. The predicted octanol–water partition coefficient (Wildman–Crippen LogP) is 2.39. The van der Waals surface area contributed by atoms with Crippen LogP contribution in [0.15, 0.2) is 18.2 Å². The van der Waals surface area contributed by atoms with Crippen LogP contribution >= 0.6 is 23.2 Å². The van der Waals surface area contributed by atoms with Crippen LogP contribution in [0.1, 0.15) is 37.6 Å². The average Bonchev–Trinajstić information content (AvgIpc) is 2.55. The lowest BCUT2D eigenvalue weighted by atomic mass is 10.0. The monoisotopic (exact) mass is 387 g/mol. The second kappa shape index (κ2) is 10.3. The van der Waals surface area contributed by atoms with Gasteiger partial charge in [-0.25, -0.2) is 0 Å². The zero-order chi connectivity index (χ0) is 19.0. The van der Waals surface area contributed by atoms with Gasteiger partial charge < -0.3 is 16.0 Å². The standard InChI is InChI=1S/C17H23Cl2N3O3/c1-4-7-20-14(23)9-21-17(25)15(10(2)3)22-16(24)12-6-5-11(18)8-13(12)19/h5-6,8,10,15H,4,7,9H2,1-3H3,(H,20,23)(H,21,25)(H,22,24). The minimum atomic E-state index is -0.793. The van der Waals surface area contributed by atoms with E-state index in [1.54, 1.807) is 19.9 Å². The van der Waals surface area contributed by atoms with Gasteiger partial charge in [0.15, 0.2) is 0 Å². The second-order valence-electron chi connectivity index (χ2n) is 5.89. The van der Waals surface area contributed by atoms with Crippen LogP contribution in [0.3, 0.4) is 0 Å². The van der Waals surface area contributed by atoms with Crippen LogP contribution < -0.4 is 16.0 Å². The highest BCUT2D eigenvalue weighted by molar-refractivity contribution is 6.36. The maximum atomic E-state index is 12.4. The third-order valence-electron chi connectivity index (χ3n) is 3.41. The van der Waals surface area contributed by atoms with Gasteiger partial charge in [-0.2, -0.15) is 0 Å². The number of amides is 3. The van der Waals surface area contributed by atoms with E-state index < -0.39 is 17.9 Å². The fourth-order valence-corrected chi connectivity index (χ4v) is 2.53. The van der Waals surface area contributed by atoms with Crippen LogP contribution in [0.25, 0.3) is 0 Å². The van der Waals surface area contributed by atoms with Crippen molar-refractivity contribution in [3.63, 3.8) is 0 Å². The van der Waals surface area contributed by atoms with Gasteiger partial charge in [-0.1, -0.05) is 44.0 Å². The maximum Gasteiger partial charge on any atom is 0.253 e. The summed E-state index contributed by atoms with van der Waals surface area (Å²) in [4.78, 5) is 36.3. The van der Waals surface area contributed by atoms with Crippen molar-refractivity contribution in [2.45, 2.75) is 33.2 Å². The molecule has 0 aliphatic heterocycles. The third kappa shape index (κ3) is 6.92. The summed E-state index contributed by atoms with van der Waals surface area (Å²) in [6, 6.07) is 3.71. The molecule has 6 nitrogen and oxygen atoms in total. The summed E-state index contributed by atoms with van der Waals surface area (Å²) in [7, 11) is 0. The normalized spacial score (nSPS) is 11.8. The number of carbonyl (C=O) groups excluding carboxylic acids is 3. The van der Waals surface area contributed by atoms with Crippen LogP contribution in [-0.4, -0.2) is 36.9 Å². The van der Waals surface area contributed by atoms with Gasteiger partial charge in [0.05, 0.1) is 17.1 Å². The molecule has 8 heteroatoms. The smallest absolute Gasteiger partial charge is 0.253 e. The lowest BCUT2D eigenvalue weighted by Crippen LogP contribution is -2.51. The molecule has 0 saturated carbocycles. The van der Waals surface area contributed by atoms with Crippen molar-refractivity contribution in [2.24, 2.45) is 5.92 Å². The molecular weight excluding hydrogens is 365 g/mol. The Hall–Kier alpha value is -1.79. The summed E-state index contributed by atoms with van der Waals surface area (Å²) in [5.41, 5.74) is 0.227. The Balaban J connectivity index is 2.71. The highest BCUT2D eigenvalue weighted by atomic mass is 35.5. The Labute approximate surface area is 157 Å². The quantitative estimate of drug-likeness (QED) is 0.639. The van der Waals surface area contributed by atoms with Crippen LogP contribution in [-0.2, 0) is 9.59 Å². The van der Waals surface area contributed by atoms with Crippen molar-refractivity contribution in [1.82, 2.24) is 16.0 Å². The molecule has 25 heavy (non-hydrogen) atoms. The Morgan fingerprint density at radius 1 is 1.12 bits per heavy atom. The van der Waals surface area contributed by atoms with Gasteiger partial charge in [0.2, 0.25) is 11.8 Å². The highest BCUT2D eigenvalue weighted by Crippen LogP contribution is 2.21. The number of hydrogen-bond acceptors (Lipinski definition) is 3. The van der Waals surface area contributed by atoms with Crippen molar-refractivity contribution in [3.8, 4) is 0 Å². The lowest BCUT2D eigenvalue weighted by Gasteiger charge is -2.22. The van der Waals surface area contributed by atoms with E-state index >= 15 is 0 Å². The maximum absolute atomic E-state index is 12.4. The molecular formula is C17H23Cl2N3O3. The van der Waals surface area contributed by atoms with Crippen LogP contribution in [0.5, 0.6) is 0 Å². The van der Waals surface area contributed by atoms with Crippen molar-refractivity contribution >= 4 is 40.9 Å². The first kappa shape index (κ1) is 21.3. The number of halogens is 2. The topological polar surface area (TPSA) is 87.3 Å². The first-order valence-electron chi connectivity index (χ1n) is 8.06. The molecule has 1 rings (SSSR count). The molecule has 0 aliphatic carbocycles. The SMILES string of the molecule is CCCNC(=O)CNC(=O)C(NC(=O)c1ccc(Cl)cc1Cl)C(C)C. The molecule has 0 aromatic heterocycles. The molecule has 0 fully saturated rings. The molecule has 1 aromatic rings. The Morgan fingerprint density at radius 2 is 1.80 bits per heavy atom. The van der Waals surface area contributed by atoms with E-state index in [1.165, 1.54) is 12.1 Å². The molecule has 1 atom stereocenters. The van der Waals surface area contributed by atoms with Gasteiger partial charge in [0.25, 0.3) is 5.91 Å². The molecule has 0 saturated heterocycles. The Kier molecular flexibility index (Phi) is 8.72. The van der Waals surface area contributed by atoms with E-state index in [9.17, 15) is 14.4 Å². The highest BCUT2D eigenvalue weighted by Gasteiger charge is 2.25. The van der Waals surface area contributed by atoms with Crippen LogP contribution in [0.2, 0.25) is 10.0 Å². The number of nitrogens with one attached hydrogen (secondary N) is 3. The van der Waals surface area contributed by atoms with E-state index in [0.717, 1.165) is 6.42 Å². The van der Waals surface area contributed by atoms with Crippen molar-refractivity contribution in [1.29, 1.82) is 0 Å². The Bertz CT molecular complexity index is 636. The molecule has 0 aliphatic rings. The van der Waals surface area contributed by atoms with Crippen molar-refractivity contribution in [3.05, 3.63) is 33.8 Å². The summed E-state index contributed by atoms with van der Waals surface area (Å²) in [5.74, 6) is -1.36. The molecule has 1 aromatic carbocycles. The summed E-state index contributed by atoms with van der Waals surface area (Å²) in [6.07, 6.45) is 0.812. The van der Waals surface area contributed by atoms with E-state index in [1.807, 2.05) is 6.92 Å². The van der Waals surface area contributed by atoms with Gasteiger partial charge in [-0.05, 0) is 30.5 Å². The van der Waals surface area contributed by atoms with Crippen molar-refractivity contribution < 1.29 is 14.4 Å². The van der Waals surface area contributed by atoms with E-state index in [4.69, 9.17) is 23.2 Å². The summed E-state index contributed by atoms with van der Waals surface area (Å²) in [5, 5.41) is 8.46. The molecule has 3 amide bonds. The minimum absolute atomic E-state index is 0.139. The predicted molar refractivity (Wildman–Crippen MR) is 98.9 cm³/mol. The average molecular weight is 388 g/mol. The molecule has 3 N–H and O–H groups in total. The number of carbonyl (C=O) groups is 3. The van der Waals surface area contributed by atoms with Crippen molar-refractivity contribution in [2.75, 3.05) is 13.1 Å². The zero-order valence-electron chi connectivity index (χ0n) is 14.5. The first-order chi connectivity index (χ1) is 11.8. The number of rotatable bonds is 8.